The Morgan fingerprint density at radius 1 is 1.52 bits per heavy atom. The number of H-pyrrole nitrogens is 1. The molecule has 3 rings (SSSR count). The lowest BCUT2D eigenvalue weighted by Crippen LogP contribution is -2.38. The Balaban J connectivity index is 1.61. The van der Waals surface area contributed by atoms with Crippen LogP contribution < -0.4 is 0 Å². The Morgan fingerprint density at radius 3 is 3.19 bits per heavy atom. The van der Waals surface area contributed by atoms with Crippen molar-refractivity contribution in [3.8, 4) is 0 Å². The Labute approximate surface area is 129 Å². The highest BCUT2D eigenvalue weighted by atomic mass is 32.1. The number of aromatic amines is 1. The van der Waals surface area contributed by atoms with Gasteiger partial charge in [0.2, 0.25) is 0 Å². The SMILES string of the molecule is CN(C)Cc1cnc([C@@H]2CN(Cc3ccsc3)CCO2)[nH]1. The molecule has 0 aliphatic carbocycles. The zero-order valence-corrected chi connectivity index (χ0v) is 13.4. The summed E-state index contributed by atoms with van der Waals surface area (Å²) in [6.07, 6.45) is 1.96. The third-order valence-electron chi connectivity index (χ3n) is 3.58. The van der Waals surface area contributed by atoms with Gasteiger partial charge in [-0.1, -0.05) is 0 Å². The van der Waals surface area contributed by atoms with Gasteiger partial charge in [0.15, 0.2) is 0 Å². The zero-order chi connectivity index (χ0) is 14.7. The van der Waals surface area contributed by atoms with E-state index in [1.54, 1.807) is 11.3 Å². The summed E-state index contributed by atoms with van der Waals surface area (Å²) in [5.74, 6) is 0.946. The minimum absolute atomic E-state index is 0.0493. The van der Waals surface area contributed by atoms with Gasteiger partial charge in [0.25, 0.3) is 0 Å². The number of hydrogen-bond donors (Lipinski definition) is 1. The molecule has 6 heteroatoms. The van der Waals surface area contributed by atoms with E-state index >= 15 is 0 Å². The highest BCUT2D eigenvalue weighted by Gasteiger charge is 2.24. The van der Waals surface area contributed by atoms with Gasteiger partial charge >= 0.3 is 0 Å². The van der Waals surface area contributed by atoms with E-state index in [2.05, 4.69) is 50.7 Å². The molecule has 1 aliphatic heterocycles. The molecule has 1 fully saturated rings. The molecule has 2 aromatic heterocycles. The third-order valence-corrected chi connectivity index (χ3v) is 4.31. The van der Waals surface area contributed by atoms with Crippen molar-refractivity contribution < 1.29 is 4.74 Å². The number of thiophene rings is 1. The molecule has 0 aromatic carbocycles. The first-order chi connectivity index (χ1) is 10.2. The second-order valence-corrected chi connectivity index (χ2v) is 6.54. The molecule has 114 valence electrons. The topological polar surface area (TPSA) is 44.4 Å². The minimum atomic E-state index is 0.0493. The molecule has 0 bridgehead atoms. The maximum atomic E-state index is 5.89. The fourth-order valence-electron chi connectivity index (χ4n) is 2.61. The normalized spacial score (nSPS) is 20.2. The van der Waals surface area contributed by atoms with Crippen LogP contribution in [0.4, 0.5) is 0 Å². The summed E-state index contributed by atoms with van der Waals surface area (Å²) in [5, 5.41) is 4.35. The van der Waals surface area contributed by atoms with Gasteiger partial charge in [0, 0.05) is 38.1 Å². The van der Waals surface area contributed by atoms with Gasteiger partial charge in [-0.25, -0.2) is 4.98 Å². The van der Waals surface area contributed by atoms with Crippen LogP contribution in [-0.4, -0.2) is 53.6 Å². The Bertz CT molecular complexity index is 552. The predicted molar refractivity (Wildman–Crippen MR) is 84.3 cm³/mol. The summed E-state index contributed by atoms with van der Waals surface area (Å²) >= 11 is 1.75. The molecule has 3 heterocycles. The first-order valence-corrected chi connectivity index (χ1v) is 8.18. The van der Waals surface area contributed by atoms with Gasteiger partial charge in [-0.2, -0.15) is 11.3 Å². The Hall–Kier alpha value is -1.21. The van der Waals surface area contributed by atoms with Gasteiger partial charge < -0.3 is 14.6 Å². The van der Waals surface area contributed by atoms with Crippen molar-refractivity contribution in [3.05, 3.63) is 40.1 Å². The lowest BCUT2D eigenvalue weighted by Gasteiger charge is -2.31. The van der Waals surface area contributed by atoms with E-state index in [1.165, 1.54) is 5.56 Å². The van der Waals surface area contributed by atoms with Crippen molar-refractivity contribution >= 4 is 11.3 Å². The monoisotopic (exact) mass is 306 g/mol. The highest BCUT2D eigenvalue weighted by molar-refractivity contribution is 7.07. The average Bonchev–Trinajstić information content (AvgIpc) is 3.10. The lowest BCUT2D eigenvalue weighted by atomic mass is 10.2. The summed E-state index contributed by atoms with van der Waals surface area (Å²) in [7, 11) is 4.11. The van der Waals surface area contributed by atoms with Crippen molar-refractivity contribution in [1.82, 2.24) is 19.8 Å². The number of hydrogen-bond acceptors (Lipinski definition) is 5. The fraction of sp³-hybridized carbons (Fsp3) is 0.533. The van der Waals surface area contributed by atoms with E-state index in [-0.39, 0.29) is 6.10 Å². The van der Waals surface area contributed by atoms with Crippen LogP contribution in [-0.2, 0) is 17.8 Å². The number of ether oxygens (including phenoxy) is 1. The standard InChI is InChI=1S/C15H22N4OS/c1-18(2)9-13-7-16-15(17-13)14-10-19(4-5-20-14)8-12-3-6-21-11-12/h3,6-7,11,14H,4-5,8-10H2,1-2H3,(H,16,17)/t14-/m0/s1. The van der Waals surface area contributed by atoms with Crippen LogP contribution in [0.3, 0.4) is 0 Å². The zero-order valence-electron chi connectivity index (χ0n) is 12.6. The Kier molecular flexibility index (Phi) is 4.70. The first kappa shape index (κ1) is 14.7. The number of imidazole rings is 1. The van der Waals surface area contributed by atoms with Crippen molar-refractivity contribution in [2.45, 2.75) is 19.2 Å². The second-order valence-electron chi connectivity index (χ2n) is 5.76. The van der Waals surface area contributed by atoms with Crippen LogP contribution in [0.5, 0.6) is 0 Å². The number of nitrogens with one attached hydrogen (secondary N) is 1. The van der Waals surface area contributed by atoms with Crippen LogP contribution in [0.1, 0.15) is 23.2 Å². The van der Waals surface area contributed by atoms with E-state index < -0.39 is 0 Å². The molecule has 21 heavy (non-hydrogen) atoms. The van der Waals surface area contributed by atoms with Crippen LogP contribution in [0.2, 0.25) is 0 Å². The molecule has 1 aliphatic rings. The first-order valence-electron chi connectivity index (χ1n) is 7.24. The second kappa shape index (κ2) is 6.70. The van der Waals surface area contributed by atoms with E-state index in [1.807, 2.05) is 6.20 Å². The smallest absolute Gasteiger partial charge is 0.136 e. The summed E-state index contributed by atoms with van der Waals surface area (Å²) < 4.78 is 5.89. The molecule has 2 aromatic rings. The summed E-state index contributed by atoms with van der Waals surface area (Å²) in [5.41, 5.74) is 2.52. The van der Waals surface area contributed by atoms with E-state index in [9.17, 15) is 0 Å². The van der Waals surface area contributed by atoms with Crippen LogP contribution in [0, 0.1) is 0 Å². The fourth-order valence-corrected chi connectivity index (χ4v) is 3.27. The van der Waals surface area contributed by atoms with E-state index in [0.29, 0.717) is 0 Å². The maximum Gasteiger partial charge on any atom is 0.136 e. The summed E-state index contributed by atoms with van der Waals surface area (Å²) in [6.45, 7) is 4.51. The number of aromatic nitrogens is 2. The third kappa shape index (κ3) is 3.91. The number of nitrogens with zero attached hydrogens (tertiary/aromatic N) is 3. The summed E-state index contributed by atoms with van der Waals surface area (Å²) in [6, 6.07) is 2.19. The Morgan fingerprint density at radius 2 is 2.43 bits per heavy atom. The van der Waals surface area contributed by atoms with Gasteiger partial charge in [0.05, 0.1) is 6.61 Å². The molecular formula is C15H22N4OS. The highest BCUT2D eigenvalue weighted by Crippen LogP contribution is 2.21. The molecular weight excluding hydrogens is 284 g/mol. The molecule has 1 N–H and O–H groups in total. The van der Waals surface area contributed by atoms with Crippen LogP contribution in [0.25, 0.3) is 0 Å². The largest absolute Gasteiger partial charge is 0.368 e. The van der Waals surface area contributed by atoms with E-state index in [0.717, 1.165) is 44.3 Å². The summed E-state index contributed by atoms with van der Waals surface area (Å²) in [4.78, 5) is 12.4. The van der Waals surface area contributed by atoms with Gasteiger partial charge in [0.1, 0.15) is 11.9 Å². The average molecular weight is 306 g/mol. The molecule has 1 saturated heterocycles. The molecule has 0 saturated carbocycles. The van der Waals surface area contributed by atoms with Crippen molar-refractivity contribution in [2.75, 3.05) is 33.8 Å². The molecule has 0 spiro atoms. The molecule has 1 atom stereocenters. The number of morpholine rings is 1. The van der Waals surface area contributed by atoms with Crippen LogP contribution in [0.15, 0.2) is 23.0 Å². The van der Waals surface area contributed by atoms with Gasteiger partial charge in [-0.15, -0.1) is 0 Å². The molecule has 5 nitrogen and oxygen atoms in total. The predicted octanol–water partition coefficient (Wildman–Crippen LogP) is 2.11. The molecule has 0 radical (unpaired) electrons. The van der Waals surface area contributed by atoms with Gasteiger partial charge in [-0.05, 0) is 36.5 Å². The van der Waals surface area contributed by atoms with Crippen molar-refractivity contribution in [1.29, 1.82) is 0 Å². The minimum Gasteiger partial charge on any atom is -0.368 e. The van der Waals surface area contributed by atoms with Crippen molar-refractivity contribution in [3.63, 3.8) is 0 Å². The van der Waals surface area contributed by atoms with Crippen LogP contribution >= 0.6 is 11.3 Å². The molecule has 0 amide bonds. The lowest BCUT2D eigenvalue weighted by molar-refractivity contribution is -0.0368. The van der Waals surface area contributed by atoms with Gasteiger partial charge in [-0.3, -0.25) is 4.90 Å². The van der Waals surface area contributed by atoms with Crippen molar-refractivity contribution in [2.24, 2.45) is 0 Å². The molecule has 0 unspecified atom stereocenters. The quantitative estimate of drug-likeness (QED) is 0.919. The maximum absolute atomic E-state index is 5.89. The number of rotatable bonds is 5. The van der Waals surface area contributed by atoms with E-state index in [4.69, 9.17) is 4.74 Å².